The number of allylic oxidation sites excluding steroid dienone is 1. The molecule has 0 aromatic rings. The van der Waals surface area contributed by atoms with Gasteiger partial charge in [0, 0.05) is 18.8 Å². The average Bonchev–Trinajstić information content (AvgIpc) is 3.01. The van der Waals surface area contributed by atoms with E-state index in [0.717, 1.165) is 12.8 Å². The molecule has 2 aliphatic rings. The van der Waals surface area contributed by atoms with Crippen molar-refractivity contribution in [1.82, 2.24) is 0 Å². The van der Waals surface area contributed by atoms with Crippen LogP contribution in [0.1, 0.15) is 52.9 Å². The van der Waals surface area contributed by atoms with Gasteiger partial charge in [-0.1, -0.05) is 18.6 Å². The summed E-state index contributed by atoms with van der Waals surface area (Å²) < 4.78 is 5.80. The van der Waals surface area contributed by atoms with Gasteiger partial charge in [-0.3, -0.25) is 4.79 Å². The van der Waals surface area contributed by atoms with Crippen LogP contribution in [-0.4, -0.2) is 28.7 Å². The zero-order valence-corrected chi connectivity index (χ0v) is 11.6. The van der Waals surface area contributed by atoms with E-state index in [-0.39, 0.29) is 29.5 Å². The van der Waals surface area contributed by atoms with Crippen molar-refractivity contribution in [1.29, 1.82) is 0 Å². The van der Waals surface area contributed by atoms with Crippen molar-refractivity contribution in [3.05, 3.63) is 11.6 Å². The first kappa shape index (κ1) is 13.8. The maximum atomic E-state index is 11.5. The number of ketones is 1. The van der Waals surface area contributed by atoms with E-state index in [0.29, 0.717) is 19.3 Å². The van der Waals surface area contributed by atoms with Crippen molar-refractivity contribution in [3.8, 4) is 0 Å². The summed E-state index contributed by atoms with van der Waals surface area (Å²) >= 11 is 0. The van der Waals surface area contributed by atoms with Crippen LogP contribution < -0.4 is 0 Å². The van der Waals surface area contributed by atoms with E-state index in [2.05, 4.69) is 19.9 Å². The Hall–Kier alpha value is -0.670. The zero-order chi connectivity index (χ0) is 13.3. The molecule has 2 rings (SSSR count). The Morgan fingerprint density at radius 3 is 3.00 bits per heavy atom. The van der Waals surface area contributed by atoms with Crippen LogP contribution in [0.25, 0.3) is 0 Å². The molecule has 0 spiro atoms. The first-order valence-corrected chi connectivity index (χ1v) is 7.00. The van der Waals surface area contributed by atoms with Crippen molar-refractivity contribution < 1.29 is 14.6 Å². The second-order valence-electron chi connectivity index (χ2n) is 5.89. The van der Waals surface area contributed by atoms with Crippen LogP contribution >= 0.6 is 0 Å². The monoisotopic (exact) mass is 252 g/mol. The lowest BCUT2D eigenvalue weighted by Gasteiger charge is -2.30. The number of aliphatic hydroxyl groups is 1. The van der Waals surface area contributed by atoms with Gasteiger partial charge in [-0.15, -0.1) is 0 Å². The maximum Gasteiger partial charge on any atom is 0.133 e. The van der Waals surface area contributed by atoms with E-state index in [4.69, 9.17) is 4.74 Å². The average molecular weight is 252 g/mol. The van der Waals surface area contributed by atoms with Crippen LogP contribution in [0.3, 0.4) is 0 Å². The van der Waals surface area contributed by atoms with Crippen LogP contribution in [0.4, 0.5) is 0 Å². The van der Waals surface area contributed by atoms with Crippen molar-refractivity contribution in [2.24, 2.45) is 5.92 Å². The van der Waals surface area contributed by atoms with Gasteiger partial charge in [-0.05, 0) is 33.1 Å². The summed E-state index contributed by atoms with van der Waals surface area (Å²) in [6.07, 6.45) is 5.56. The summed E-state index contributed by atoms with van der Waals surface area (Å²) in [6, 6.07) is 0. The van der Waals surface area contributed by atoms with E-state index < -0.39 is 0 Å². The van der Waals surface area contributed by atoms with Gasteiger partial charge in [0.05, 0.1) is 17.8 Å². The highest BCUT2D eigenvalue weighted by Gasteiger charge is 2.59. The fourth-order valence-corrected chi connectivity index (χ4v) is 2.91. The highest BCUT2D eigenvalue weighted by atomic mass is 16.6. The number of rotatable bonds is 4. The molecule has 1 heterocycles. The second kappa shape index (κ2) is 5.14. The van der Waals surface area contributed by atoms with Crippen molar-refractivity contribution >= 4 is 5.78 Å². The van der Waals surface area contributed by atoms with E-state index >= 15 is 0 Å². The number of hydrogen-bond acceptors (Lipinski definition) is 3. The molecule has 2 fully saturated rings. The van der Waals surface area contributed by atoms with Gasteiger partial charge in [-0.25, -0.2) is 0 Å². The summed E-state index contributed by atoms with van der Waals surface area (Å²) in [5.74, 6) is 0.250. The molecular weight excluding hydrogens is 228 g/mol. The van der Waals surface area contributed by atoms with Crippen LogP contribution in [-0.2, 0) is 9.53 Å². The minimum absolute atomic E-state index is 0.0147. The molecule has 0 aromatic carbocycles. The standard InChI is InChI=1S/C15H24O3/c1-4-10(2)5-8-14-15(3,18-14)12-9-11(16)6-7-13(12)17/h5,12-14,17H,4,6-9H2,1-3H3/b10-5+/t12-,13+,14+,15+/m0/s1. The van der Waals surface area contributed by atoms with Gasteiger partial charge >= 0.3 is 0 Å². The van der Waals surface area contributed by atoms with Gasteiger partial charge < -0.3 is 9.84 Å². The Kier molecular flexibility index (Phi) is 3.93. The molecule has 0 radical (unpaired) electrons. The first-order valence-electron chi connectivity index (χ1n) is 7.00. The molecular formula is C15H24O3. The number of carbonyl (C=O) groups excluding carboxylic acids is 1. The Bertz CT molecular complexity index is 361. The molecule has 0 amide bonds. The molecule has 0 bridgehead atoms. The molecule has 1 aliphatic heterocycles. The van der Waals surface area contributed by atoms with Crippen LogP contribution in [0.15, 0.2) is 11.6 Å². The molecule has 0 unspecified atom stereocenters. The molecule has 0 aromatic heterocycles. The lowest BCUT2D eigenvalue weighted by Crippen LogP contribution is -2.39. The Labute approximate surface area is 109 Å². The van der Waals surface area contributed by atoms with Crippen LogP contribution in [0.5, 0.6) is 0 Å². The summed E-state index contributed by atoms with van der Waals surface area (Å²) in [6.45, 7) is 6.31. The minimum atomic E-state index is -0.381. The predicted molar refractivity (Wildman–Crippen MR) is 70.3 cm³/mol. The third kappa shape index (κ3) is 2.67. The van der Waals surface area contributed by atoms with E-state index in [1.807, 2.05) is 6.92 Å². The molecule has 1 saturated carbocycles. The number of epoxide rings is 1. The number of aliphatic hydroxyl groups excluding tert-OH is 1. The Balaban J connectivity index is 1.95. The van der Waals surface area contributed by atoms with Gasteiger partial charge in [-0.2, -0.15) is 0 Å². The van der Waals surface area contributed by atoms with Crippen molar-refractivity contribution in [2.45, 2.75) is 70.7 Å². The molecule has 1 aliphatic carbocycles. The lowest BCUT2D eigenvalue weighted by molar-refractivity contribution is -0.126. The van der Waals surface area contributed by atoms with E-state index in [9.17, 15) is 9.90 Å². The third-order valence-electron chi connectivity index (χ3n) is 4.58. The van der Waals surface area contributed by atoms with Crippen LogP contribution in [0.2, 0.25) is 0 Å². The normalized spacial score (nSPS) is 41.0. The topological polar surface area (TPSA) is 49.8 Å². The largest absolute Gasteiger partial charge is 0.393 e. The summed E-state index contributed by atoms with van der Waals surface area (Å²) in [7, 11) is 0. The smallest absolute Gasteiger partial charge is 0.133 e. The zero-order valence-electron chi connectivity index (χ0n) is 11.6. The SMILES string of the molecule is CC/C(C)=C/C[C@H]1O[C@]1(C)[C@H]1CC(=O)CC[C@H]1O. The molecule has 102 valence electrons. The molecule has 3 nitrogen and oxygen atoms in total. The Morgan fingerprint density at radius 2 is 2.33 bits per heavy atom. The van der Waals surface area contributed by atoms with Crippen LogP contribution in [0, 0.1) is 5.92 Å². The predicted octanol–water partition coefficient (Wildman–Crippen LogP) is 2.62. The van der Waals surface area contributed by atoms with Crippen molar-refractivity contribution in [3.63, 3.8) is 0 Å². The maximum absolute atomic E-state index is 11.5. The summed E-state index contributed by atoms with van der Waals surface area (Å²) in [5, 5.41) is 10.1. The first-order chi connectivity index (χ1) is 8.47. The third-order valence-corrected chi connectivity index (χ3v) is 4.58. The summed E-state index contributed by atoms with van der Waals surface area (Å²) in [4.78, 5) is 11.5. The molecule has 3 heteroatoms. The number of hydrogen-bond donors (Lipinski definition) is 1. The molecule has 1 N–H and O–H groups in total. The van der Waals surface area contributed by atoms with Gasteiger partial charge in [0.15, 0.2) is 0 Å². The quantitative estimate of drug-likeness (QED) is 0.618. The number of carbonyl (C=O) groups is 1. The van der Waals surface area contributed by atoms with Gasteiger partial charge in [0.2, 0.25) is 0 Å². The molecule has 4 atom stereocenters. The van der Waals surface area contributed by atoms with Crippen molar-refractivity contribution in [2.75, 3.05) is 0 Å². The van der Waals surface area contributed by atoms with Gasteiger partial charge in [0.1, 0.15) is 5.78 Å². The highest BCUT2D eigenvalue weighted by molar-refractivity contribution is 5.79. The molecule has 18 heavy (non-hydrogen) atoms. The molecule has 1 saturated heterocycles. The number of Topliss-reactive ketones (excluding diaryl/α,β-unsaturated/α-hetero) is 1. The van der Waals surface area contributed by atoms with E-state index in [1.165, 1.54) is 5.57 Å². The van der Waals surface area contributed by atoms with Gasteiger partial charge in [0.25, 0.3) is 0 Å². The second-order valence-corrected chi connectivity index (χ2v) is 5.89. The fraction of sp³-hybridized carbons (Fsp3) is 0.800. The Morgan fingerprint density at radius 1 is 1.61 bits per heavy atom. The summed E-state index contributed by atoms with van der Waals surface area (Å²) in [5.41, 5.74) is 1.08. The van der Waals surface area contributed by atoms with E-state index in [1.54, 1.807) is 0 Å². The lowest BCUT2D eigenvalue weighted by atomic mass is 9.76. The number of ether oxygens (including phenoxy) is 1. The highest BCUT2D eigenvalue weighted by Crippen LogP contribution is 2.49. The minimum Gasteiger partial charge on any atom is -0.393 e. The fourth-order valence-electron chi connectivity index (χ4n) is 2.91.